The molecule has 5 heteroatoms. The SMILES string of the molecule is Cc1cc(C(C)Nc2ccc(Br)cc2C(N)=S)c(C)s1. The zero-order valence-corrected chi connectivity index (χ0v) is 14.9. The van der Waals surface area contributed by atoms with Crippen molar-refractivity contribution < 1.29 is 0 Å². The first-order valence-corrected chi connectivity index (χ1v) is 8.33. The van der Waals surface area contributed by atoms with Crippen LogP contribution in [0.25, 0.3) is 0 Å². The lowest BCUT2D eigenvalue weighted by molar-refractivity contribution is 0.881. The Hall–Kier alpha value is -0.910. The van der Waals surface area contributed by atoms with Crippen LogP contribution in [0.2, 0.25) is 0 Å². The van der Waals surface area contributed by atoms with Crippen LogP contribution < -0.4 is 11.1 Å². The van der Waals surface area contributed by atoms with E-state index in [2.05, 4.69) is 48.1 Å². The first-order chi connectivity index (χ1) is 9.38. The molecule has 1 aromatic heterocycles. The fourth-order valence-electron chi connectivity index (χ4n) is 2.24. The molecule has 0 spiro atoms. The van der Waals surface area contributed by atoms with Gasteiger partial charge in [-0.25, -0.2) is 0 Å². The smallest absolute Gasteiger partial charge is 0.106 e. The fourth-order valence-corrected chi connectivity index (χ4v) is 3.79. The molecule has 0 saturated carbocycles. The van der Waals surface area contributed by atoms with Gasteiger partial charge in [0.1, 0.15) is 4.99 Å². The maximum absolute atomic E-state index is 5.80. The van der Waals surface area contributed by atoms with Crippen molar-refractivity contribution in [2.45, 2.75) is 26.8 Å². The Labute approximate surface area is 137 Å². The fraction of sp³-hybridized carbons (Fsp3) is 0.267. The van der Waals surface area contributed by atoms with Crippen molar-refractivity contribution in [1.29, 1.82) is 0 Å². The van der Waals surface area contributed by atoms with E-state index < -0.39 is 0 Å². The molecule has 1 aromatic carbocycles. The van der Waals surface area contributed by atoms with Crippen LogP contribution in [0.15, 0.2) is 28.7 Å². The van der Waals surface area contributed by atoms with E-state index in [1.807, 2.05) is 29.5 Å². The van der Waals surface area contributed by atoms with Crippen LogP contribution in [-0.2, 0) is 0 Å². The van der Waals surface area contributed by atoms with Crippen molar-refractivity contribution in [3.8, 4) is 0 Å². The van der Waals surface area contributed by atoms with Gasteiger partial charge in [0.2, 0.25) is 0 Å². The molecule has 106 valence electrons. The van der Waals surface area contributed by atoms with Gasteiger partial charge >= 0.3 is 0 Å². The van der Waals surface area contributed by atoms with Crippen molar-refractivity contribution in [2.24, 2.45) is 5.73 Å². The quantitative estimate of drug-likeness (QED) is 0.750. The number of thiocarbonyl (C=S) groups is 1. The van der Waals surface area contributed by atoms with Crippen molar-refractivity contribution in [1.82, 2.24) is 0 Å². The van der Waals surface area contributed by atoms with Crippen LogP contribution >= 0.6 is 39.5 Å². The molecule has 3 N–H and O–H groups in total. The predicted octanol–water partition coefficient (Wildman–Crippen LogP) is 4.93. The summed E-state index contributed by atoms with van der Waals surface area (Å²) in [5.41, 5.74) is 8.96. The molecule has 0 aliphatic rings. The Morgan fingerprint density at radius 3 is 2.60 bits per heavy atom. The minimum atomic E-state index is 0.217. The van der Waals surface area contributed by atoms with Gasteiger partial charge in [-0.1, -0.05) is 28.1 Å². The molecule has 2 aromatic rings. The van der Waals surface area contributed by atoms with Gasteiger partial charge in [0.15, 0.2) is 0 Å². The van der Waals surface area contributed by atoms with E-state index in [4.69, 9.17) is 18.0 Å². The number of aryl methyl sites for hydroxylation is 2. The Morgan fingerprint density at radius 1 is 1.35 bits per heavy atom. The molecule has 2 rings (SSSR count). The zero-order chi connectivity index (χ0) is 14.9. The van der Waals surface area contributed by atoms with Crippen LogP contribution in [0.5, 0.6) is 0 Å². The lowest BCUT2D eigenvalue weighted by Crippen LogP contribution is -2.15. The summed E-state index contributed by atoms with van der Waals surface area (Å²) in [6.45, 7) is 6.44. The summed E-state index contributed by atoms with van der Waals surface area (Å²) >= 11 is 10.4. The number of nitrogens with two attached hydrogens (primary N) is 1. The molecule has 0 fully saturated rings. The monoisotopic (exact) mass is 368 g/mol. The molecule has 0 aliphatic carbocycles. The highest BCUT2D eigenvalue weighted by Crippen LogP contribution is 2.30. The first-order valence-electron chi connectivity index (χ1n) is 6.31. The van der Waals surface area contributed by atoms with E-state index in [1.165, 1.54) is 15.3 Å². The topological polar surface area (TPSA) is 38.0 Å². The van der Waals surface area contributed by atoms with Gasteiger partial charge in [-0.05, 0) is 50.6 Å². The van der Waals surface area contributed by atoms with Crippen molar-refractivity contribution >= 4 is 50.2 Å². The normalized spacial score (nSPS) is 12.2. The summed E-state index contributed by atoms with van der Waals surface area (Å²) in [7, 11) is 0. The Morgan fingerprint density at radius 2 is 2.05 bits per heavy atom. The number of halogens is 1. The summed E-state index contributed by atoms with van der Waals surface area (Å²) in [5.74, 6) is 0. The molecule has 20 heavy (non-hydrogen) atoms. The van der Waals surface area contributed by atoms with E-state index in [0.29, 0.717) is 4.99 Å². The summed E-state index contributed by atoms with van der Waals surface area (Å²) in [5, 5.41) is 3.51. The number of hydrogen-bond donors (Lipinski definition) is 2. The molecule has 0 aliphatic heterocycles. The highest BCUT2D eigenvalue weighted by Gasteiger charge is 2.14. The third kappa shape index (κ3) is 3.40. The van der Waals surface area contributed by atoms with E-state index in [1.54, 1.807) is 0 Å². The standard InChI is InChI=1S/C15H17BrN2S2/c1-8-6-12(10(3)20-8)9(2)18-14-5-4-11(16)7-13(14)15(17)19/h4-7,9,18H,1-3H3,(H2,17,19). The summed E-state index contributed by atoms with van der Waals surface area (Å²) < 4.78 is 0.973. The van der Waals surface area contributed by atoms with Gasteiger partial charge in [0, 0.05) is 31.5 Å². The number of hydrogen-bond acceptors (Lipinski definition) is 3. The van der Waals surface area contributed by atoms with Crippen molar-refractivity contribution in [3.05, 3.63) is 49.6 Å². The highest BCUT2D eigenvalue weighted by molar-refractivity contribution is 9.10. The van der Waals surface area contributed by atoms with Crippen LogP contribution in [0.1, 0.15) is 33.8 Å². The average molecular weight is 369 g/mol. The second-order valence-electron chi connectivity index (χ2n) is 4.79. The molecule has 2 nitrogen and oxygen atoms in total. The van der Waals surface area contributed by atoms with Crippen molar-refractivity contribution in [2.75, 3.05) is 5.32 Å². The van der Waals surface area contributed by atoms with Crippen LogP contribution in [0.4, 0.5) is 5.69 Å². The van der Waals surface area contributed by atoms with Crippen molar-refractivity contribution in [3.63, 3.8) is 0 Å². The summed E-state index contributed by atoms with van der Waals surface area (Å²) in [6.07, 6.45) is 0. The van der Waals surface area contributed by atoms with E-state index in [9.17, 15) is 0 Å². The lowest BCUT2D eigenvalue weighted by Gasteiger charge is -2.18. The second kappa shape index (κ2) is 6.24. The maximum atomic E-state index is 5.80. The Balaban J connectivity index is 2.30. The third-order valence-corrected chi connectivity index (χ3v) is 4.86. The molecule has 0 bridgehead atoms. The number of anilines is 1. The molecular weight excluding hydrogens is 352 g/mol. The van der Waals surface area contributed by atoms with Gasteiger partial charge < -0.3 is 11.1 Å². The number of thiophene rings is 1. The number of rotatable bonds is 4. The summed E-state index contributed by atoms with van der Waals surface area (Å²) in [4.78, 5) is 3.08. The van der Waals surface area contributed by atoms with E-state index in [0.717, 1.165) is 15.7 Å². The molecule has 0 saturated heterocycles. The Kier molecular flexibility index (Phi) is 4.83. The predicted molar refractivity (Wildman–Crippen MR) is 95.9 cm³/mol. The van der Waals surface area contributed by atoms with Gasteiger partial charge in [-0.3, -0.25) is 0 Å². The van der Waals surface area contributed by atoms with Crippen LogP contribution in [0.3, 0.4) is 0 Å². The number of nitrogens with one attached hydrogen (secondary N) is 1. The first kappa shape index (κ1) is 15.5. The van der Waals surface area contributed by atoms with Gasteiger partial charge in [-0.15, -0.1) is 11.3 Å². The highest BCUT2D eigenvalue weighted by atomic mass is 79.9. The Bertz CT molecular complexity index is 649. The van der Waals surface area contributed by atoms with Gasteiger partial charge in [0.05, 0.1) is 0 Å². The van der Waals surface area contributed by atoms with Crippen LogP contribution in [0, 0.1) is 13.8 Å². The molecular formula is C15H17BrN2S2. The van der Waals surface area contributed by atoms with Crippen LogP contribution in [-0.4, -0.2) is 4.99 Å². The lowest BCUT2D eigenvalue weighted by atomic mass is 10.1. The third-order valence-electron chi connectivity index (χ3n) is 3.16. The zero-order valence-electron chi connectivity index (χ0n) is 11.7. The van der Waals surface area contributed by atoms with Gasteiger partial charge in [0.25, 0.3) is 0 Å². The van der Waals surface area contributed by atoms with Gasteiger partial charge in [-0.2, -0.15) is 0 Å². The second-order valence-corrected chi connectivity index (χ2v) is 7.60. The molecule has 1 unspecified atom stereocenters. The molecule has 0 amide bonds. The van der Waals surface area contributed by atoms with E-state index >= 15 is 0 Å². The summed E-state index contributed by atoms with van der Waals surface area (Å²) in [6, 6.07) is 8.39. The number of benzene rings is 1. The molecule has 1 atom stereocenters. The minimum Gasteiger partial charge on any atom is -0.389 e. The maximum Gasteiger partial charge on any atom is 0.106 e. The largest absolute Gasteiger partial charge is 0.389 e. The molecule has 1 heterocycles. The van der Waals surface area contributed by atoms with E-state index in [-0.39, 0.29) is 6.04 Å². The molecule has 0 radical (unpaired) electrons. The minimum absolute atomic E-state index is 0.217. The average Bonchev–Trinajstić information content (AvgIpc) is 2.70.